The molecule has 1 aromatic heterocycles. The maximum atomic E-state index is 12.3. The summed E-state index contributed by atoms with van der Waals surface area (Å²) in [5.41, 5.74) is 2.07. The summed E-state index contributed by atoms with van der Waals surface area (Å²) in [5.74, 6) is 1.61. The van der Waals surface area contributed by atoms with Crippen molar-refractivity contribution in [3.8, 4) is 0 Å². The molecule has 0 spiro atoms. The molecular weight excluding hydrogens is 412 g/mol. The fourth-order valence-corrected chi connectivity index (χ4v) is 3.55. The molecule has 0 fully saturated rings. The highest BCUT2D eigenvalue weighted by molar-refractivity contribution is 6.31. The van der Waals surface area contributed by atoms with Crippen LogP contribution in [0, 0.1) is 0 Å². The third kappa shape index (κ3) is 6.64. The summed E-state index contributed by atoms with van der Waals surface area (Å²) in [5, 5.41) is 4.48. The third-order valence-corrected chi connectivity index (χ3v) is 5.29. The van der Waals surface area contributed by atoms with Crippen molar-refractivity contribution in [2.75, 3.05) is 38.3 Å². The lowest BCUT2D eigenvalue weighted by Gasteiger charge is -2.25. The second kappa shape index (κ2) is 11.6. The maximum Gasteiger partial charge on any atom is 0.221 e. The Morgan fingerprint density at radius 3 is 2.68 bits per heavy atom. The zero-order valence-corrected chi connectivity index (χ0v) is 18.9. The van der Waals surface area contributed by atoms with E-state index in [9.17, 15) is 4.79 Å². The number of amides is 1. The van der Waals surface area contributed by atoms with Crippen LogP contribution in [-0.4, -0.2) is 49.2 Å². The van der Waals surface area contributed by atoms with Gasteiger partial charge in [0, 0.05) is 50.0 Å². The smallest absolute Gasteiger partial charge is 0.221 e. The van der Waals surface area contributed by atoms with Crippen LogP contribution in [0.3, 0.4) is 0 Å². The van der Waals surface area contributed by atoms with E-state index >= 15 is 0 Å². The van der Waals surface area contributed by atoms with Gasteiger partial charge in [0.25, 0.3) is 0 Å². The minimum Gasteiger partial charge on any atom is -0.383 e. The zero-order chi connectivity index (χ0) is 22.1. The first-order valence-electron chi connectivity index (χ1n) is 10.6. The molecule has 0 radical (unpaired) electrons. The lowest BCUT2D eigenvalue weighted by Crippen LogP contribution is -2.34. The van der Waals surface area contributed by atoms with E-state index in [2.05, 4.69) is 27.3 Å². The number of methoxy groups -OCH3 is 1. The van der Waals surface area contributed by atoms with E-state index < -0.39 is 0 Å². The molecular formula is C24H29ClN4O2. The Labute approximate surface area is 188 Å². The Morgan fingerprint density at radius 2 is 1.94 bits per heavy atom. The summed E-state index contributed by atoms with van der Waals surface area (Å²) in [7, 11) is 1.62. The van der Waals surface area contributed by atoms with E-state index in [1.807, 2.05) is 43.3 Å². The Kier molecular flexibility index (Phi) is 8.62. The number of ether oxygens (including phenoxy) is 1. The lowest BCUT2D eigenvalue weighted by atomic mass is 10.1. The molecule has 0 unspecified atom stereocenters. The minimum atomic E-state index is -0.00103. The molecule has 164 valence electrons. The SMILES string of the molecule is CCc1nc(N(CCC(=O)NCCOC)CCc2ccccc2)c2ccc(Cl)cc2n1. The molecule has 6 nitrogen and oxygen atoms in total. The highest BCUT2D eigenvalue weighted by Gasteiger charge is 2.16. The predicted octanol–water partition coefficient (Wildman–Crippen LogP) is 4.05. The van der Waals surface area contributed by atoms with Crippen molar-refractivity contribution in [2.45, 2.75) is 26.2 Å². The van der Waals surface area contributed by atoms with Gasteiger partial charge in [0.1, 0.15) is 11.6 Å². The molecule has 0 atom stereocenters. The molecule has 7 heteroatoms. The van der Waals surface area contributed by atoms with E-state index in [1.54, 1.807) is 7.11 Å². The Bertz CT molecular complexity index is 998. The molecule has 0 aliphatic heterocycles. The van der Waals surface area contributed by atoms with Gasteiger partial charge in [-0.1, -0.05) is 48.9 Å². The van der Waals surface area contributed by atoms with Crippen molar-refractivity contribution >= 4 is 34.2 Å². The van der Waals surface area contributed by atoms with E-state index in [1.165, 1.54) is 5.56 Å². The first kappa shape index (κ1) is 23.0. The average Bonchev–Trinajstić information content (AvgIpc) is 2.79. The fourth-order valence-electron chi connectivity index (χ4n) is 3.38. The quantitative estimate of drug-likeness (QED) is 0.455. The molecule has 31 heavy (non-hydrogen) atoms. The number of carbonyl (C=O) groups excluding carboxylic acids is 1. The predicted molar refractivity (Wildman–Crippen MR) is 126 cm³/mol. The zero-order valence-electron chi connectivity index (χ0n) is 18.1. The number of halogens is 1. The molecule has 0 bridgehead atoms. The number of rotatable bonds is 11. The van der Waals surface area contributed by atoms with E-state index in [0.717, 1.165) is 41.9 Å². The largest absolute Gasteiger partial charge is 0.383 e. The summed E-state index contributed by atoms with van der Waals surface area (Å²) in [6.45, 7) is 4.35. The van der Waals surface area contributed by atoms with Crippen molar-refractivity contribution in [2.24, 2.45) is 0 Å². The summed E-state index contributed by atoms with van der Waals surface area (Å²) in [6.07, 6.45) is 1.95. The van der Waals surface area contributed by atoms with Gasteiger partial charge in [-0.2, -0.15) is 0 Å². The summed E-state index contributed by atoms with van der Waals surface area (Å²) in [6, 6.07) is 16.0. The van der Waals surface area contributed by atoms with E-state index in [4.69, 9.17) is 21.3 Å². The second-order valence-electron chi connectivity index (χ2n) is 7.29. The third-order valence-electron chi connectivity index (χ3n) is 5.05. The molecule has 1 heterocycles. The van der Waals surface area contributed by atoms with Gasteiger partial charge in [-0.25, -0.2) is 9.97 Å². The molecule has 0 aliphatic carbocycles. The molecule has 0 saturated carbocycles. The van der Waals surface area contributed by atoms with Gasteiger partial charge in [0.05, 0.1) is 12.1 Å². The fraction of sp³-hybridized carbons (Fsp3) is 0.375. The van der Waals surface area contributed by atoms with Crippen LogP contribution in [0.1, 0.15) is 24.7 Å². The molecule has 1 N–H and O–H groups in total. The van der Waals surface area contributed by atoms with Gasteiger partial charge >= 0.3 is 0 Å². The molecule has 3 aromatic rings. The van der Waals surface area contributed by atoms with Crippen molar-refractivity contribution in [3.63, 3.8) is 0 Å². The monoisotopic (exact) mass is 440 g/mol. The van der Waals surface area contributed by atoms with Crippen molar-refractivity contribution in [3.05, 3.63) is 64.9 Å². The van der Waals surface area contributed by atoms with Gasteiger partial charge in [-0.3, -0.25) is 4.79 Å². The summed E-state index contributed by atoms with van der Waals surface area (Å²) in [4.78, 5) is 24.0. The van der Waals surface area contributed by atoms with Crippen molar-refractivity contribution in [1.29, 1.82) is 0 Å². The summed E-state index contributed by atoms with van der Waals surface area (Å²) < 4.78 is 5.01. The highest BCUT2D eigenvalue weighted by Crippen LogP contribution is 2.27. The molecule has 2 aromatic carbocycles. The first-order chi connectivity index (χ1) is 15.1. The minimum absolute atomic E-state index is 0.00103. The number of aryl methyl sites for hydroxylation is 1. The topological polar surface area (TPSA) is 67.4 Å². The number of hydrogen-bond acceptors (Lipinski definition) is 5. The molecule has 0 saturated heterocycles. The van der Waals surface area contributed by atoms with E-state index in [-0.39, 0.29) is 5.91 Å². The van der Waals surface area contributed by atoms with Crippen molar-refractivity contribution in [1.82, 2.24) is 15.3 Å². The van der Waals surface area contributed by atoms with Gasteiger partial charge < -0.3 is 15.0 Å². The number of aromatic nitrogens is 2. The molecule has 1 amide bonds. The van der Waals surface area contributed by atoms with E-state index in [0.29, 0.717) is 31.1 Å². The van der Waals surface area contributed by atoms with Crippen LogP contribution in [0.15, 0.2) is 48.5 Å². The number of benzene rings is 2. The number of nitrogens with zero attached hydrogens (tertiary/aromatic N) is 3. The number of carbonyl (C=O) groups is 1. The number of fused-ring (bicyclic) bond motifs is 1. The van der Waals surface area contributed by atoms with Crippen LogP contribution in [0.2, 0.25) is 5.02 Å². The molecule has 0 aliphatic rings. The second-order valence-corrected chi connectivity index (χ2v) is 7.73. The number of anilines is 1. The average molecular weight is 441 g/mol. The Hall–Kier alpha value is -2.70. The first-order valence-corrected chi connectivity index (χ1v) is 11.0. The van der Waals surface area contributed by atoms with Crippen LogP contribution >= 0.6 is 11.6 Å². The molecule has 3 rings (SSSR count). The lowest BCUT2D eigenvalue weighted by molar-refractivity contribution is -0.121. The summed E-state index contributed by atoms with van der Waals surface area (Å²) >= 11 is 6.21. The highest BCUT2D eigenvalue weighted by atomic mass is 35.5. The Morgan fingerprint density at radius 1 is 1.13 bits per heavy atom. The van der Waals surface area contributed by atoms with Gasteiger partial charge in [0.15, 0.2) is 0 Å². The van der Waals surface area contributed by atoms with Crippen LogP contribution in [0.4, 0.5) is 5.82 Å². The van der Waals surface area contributed by atoms with Crippen LogP contribution in [0.5, 0.6) is 0 Å². The number of nitrogens with one attached hydrogen (secondary N) is 1. The standard InChI is InChI=1S/C24H29ClN4O2/c1-3-22-27-21-17-19(25)9-10-20(21)24(28-22)29(14-11-18-7-5-4-6-8-18)15-12-23(30)26-13-16-31-2/h4-10,17H,3,11-16H2,1-2H3,(H,26,30). The van der Waals surface area contributed by atoms with Gasteiger partial charge in [-0.15, -0.1) is 0 Å². The normalized spacial score (nSPS) is 10.9. The van der Waals surface area contributed by atoms with Gasteiger partial charge in [-0.05, 0) is 30.2 Å². The number of hydrogen-bond donors (Lipinski definition) is 1. The van der Waals surface area contributed by atoms with Crippen molar-refractivity contribution < 1.29 is 9.53 Å². The van der Waals surface area contributed by atoms with Gasteiger partial charge in [0.2, 0.25) is 5.91 Å². The Balaban J connectivity index is 1.86. The van der Waals surface area contributed by atoms with Crippen LogP contribution in [-0.2, 0) is 22.4 Å². The van der Waals surface area contributed by atoms with Crippen LogP contribution in [0.25, 0.3) is 10.9 Å². The maximum absolute atomic E-state index is 12.3. The van der Waals surface area contributed by atoms with Crippen LogP contribution < -0.4 is 10.2 Å².